The van der Waals surface area contributed by atoms with Crippen LogP contribution >= 0.6 is 22.6 Å². The number of fused-ring (bicyclic) bond motifs is 1. The maximum Gasteiger partial charge on any atom is 0.258 e. The number of hydrogen-bond acceptors (Lipinski definition) is 4. The van der Waals surface area contributed by atoms with E-state index in [1.54, 1.807) is 13.4 Å². The summed E-state index contributed by atoms with van der Waals surface area (Å²) >= 11 is 2.31. The van der Waals surface area contributed by atoms with Crippen LogP contribution in [0.1, 0.15) is 21.5 Å². The maximum absolute atomic E-state index is 13.2. The Kier molecular flexibility index (Phi) is 5.52. The summed E-state index contributed by atoms with van der Waals surface area (Å²) in [5, 5.41) is 8.36. The van der Waals surface area contributed by atoms with Gasteiger partial charge in [0, 0.05) is 34.5 Å². The van der Waals surface area contributed by atoms with Gasteiger partial charge in [-0.25, -0.2) is 0 Å². The molecule has 0 radical (unpaired) electrons. The molecule has 1 aliphatic rings. The molecule has 0 atom stereocenters. The molecule has 0 saturated carbocycles. The minimum absolute atomic E-state index is 0.0197. The average Bonchev–Trinajstić information content (AvgIpc) is 3.37. The highest BCUT2D eigenvalue weighted by atomic mass is 127. The topological polar surface area (TPSA) is 60.2 Å². The Morgan fingerprint density at radius 3 is 2.69 bits per heavy atom. The molecular formula is C25H21IN4O2. The van der Waals surface area contributed by atoms with Gasteiger partial charge in [0.05, 0.1) is 13.2 Å². The molecule has 5 rings (SSSR count). The Morgan fingerprint density at radius 1 is 1.03 bits per heavy atom. The number of rotatable bonds is 5. The van der Waals surface area contributed by atoms with Gasteiger partial charge in [-0.15, -0.1) is 10.2 Å². The van der Waals surface area contributed by atoms with Gasteiger partial charge in [-0.3, -0.25) is 4.79 Å². The van der Waals surface area contributed by atoms with Gasteiger partial charge >= 0.3 is 0 Å². The fourth-order valence-corrected chi connectivity index (χ4v) is 4.63. The van der Waals surface area contributed by atoms with E-state index < -0.39 is 0 Å². The van der Waals surface area contributed by atoms with E-state index in [2.05, 4.69) is 63.1 Å². The predicted molar refractivity (Wildman–Crippen MR) is 132 cm³/mol. The Hall–Kier alpha value is -3.04. The molecule has 4 aromatic rings. The molecule has 0 fully saturated rings. The van der Waals surface area contributed by atoms with Crippen molar-refractivity contribution in [3.63, 3.8) is 0 Å². The number of aryl methyl sites for hydroxylation is 1. The maximum atomic E-state index is 13.2. The molecular weight excluding hydrogens is 515 g/mol. The smallest absolute Gasteiger partial charge is 0.258 e. The highest BCUT2D eigenvalue weighted by molar-refractivity contribution is 14.1. The largest absolute Gasteiger partial charge is 0.380 e. The molecule has 0 unspecified atom stereocenters. The number of anilines is 1. The SMILES string of the molecule is COCc1ccc2c(c1)C(=O)N(c1cccc(-c3ccc(I)cc3-c3nncn3C)c1)C2. The van der Waals surface area contributed by atoms with Gasteiger partial charge < -0.3 is 14.2 Å². The summed E-state index contributed by atoms with van der Waals surface area (Å²) in [6.45, 7) is 1.06. The summed E-state index contributed by atoms with van der Waals surface area (Å²) in [5.41, 5.74) is 6.75. The zero-order valence-electron chi connectivity index (χ0n) is 17.7. The molecule has 1 amide bonds. The van der Waals surface area contributed by atoms with Gasteiger partial charge in [-0.05, 0) is 75.2 Å². The fraction of sp³-hybridized carbons (Fsp3) is 0.160. The van der Waals surface area contributed by atoms with Gasteiger partial charge in [0.1, 0.15) is 6.33 Å². The summed E-state index contributed by atoms with van der Waals surface area (Å²) in [5.74, 6) is 0.825. The van der Waals surface area contributed by atoms with Crippen LogP contribution in [0.4, 0.5) is 5.69 Å². The lowest BCUT2D eigenvalue weighted by molar-refractivity contribution is 0.0996. The van der Waals surface area contributed by atoms with Crippen molar-refractivity contribution < 1.29 is 9.53 Å². The van der Waals surface area contributed by atoms with Gasteiger partial charge in [0.2, 0.25) is 0 Å². The minimum Gasteiger partial charge on any atom is -0.380 e. The van der Waals surface area contributed by atoms with Gasteiger partial charge in [0.25, 0.3) is 5.91 Å². The Labute approximate surface area is 200 Å². The first-order valence-electron chi connectivity index (χ1n) is 10.2. The fourth-order valence-electron chi connectivity index (χ4n) is 4.13. The third kappa shape index (κ3) is 3.71. The van der Waals surface area contributed by atoms with Gasteiger partial charge in [-0.1, -0.05) is 30.3 Å². The molecule has 7 heteroatoms. The number of carbonyl (C=O) groups is 1. The Morgan fingerprint density at radius 2 is 1.91 bits per heavy atom. The monoisotopic (exact) mass is 536 g/mol. The quantitative estimate of drug-likeness (QED) is 0.335. The average molecular weight is 536 g/mol. The zero-order valence-corrected chi connectivity index (χ0v) is 19.9. The van der Waals surface area contributed by atoms with E-state index in [9.17, 15) is 4.79 Å². The second kappa shape index (κ2) is 8.48. The molecule has 160 valence electrons. The van der Waals surface area contributed by atoms with Crippen molar-refractivity contribution in [2.45, 2.75) is 13.2 Å². The summed E-state index contributed by atoms with van der Waals surface area (Å²) in [6.07, 6.45) is 1.70. The van der Waals surface area contributed by atoms with Crippen LogP contribution in [-0.4, -0.2) is 27.8 Å². The van der Waals surface area contributed by atoms with Crippen LogP contribution in [0.2, 0.25) is 0 Å². The first-order chi connectivity index (χ1) is 15.5. The van der Waals surface area contributed by atoms with E-state index in [0.717, 1.165) is 48.5 Å². The standard InChI is InChI=1S/C25H21IN4O2/c1-29-15-27-28-24(29)23-12-19(26)8-9-21(23)17-4-3-5-20(11-17)30-13-18-7-6-16(14-32-2)10-22(18)25(30)31/h3-12,15H,13-14H2,1-2H3. The number of methoxy groups -OCH3 is 1. The molecule has 0 aliphatic carbocycles. The third-order valence-corrected chi connectivity index (χ3v) is 6.36. The van der Waals surface area contributed by atoms with Gasteiger partial charge in [-0.2, -0.15) is 0 Å². The lowest BCUT2D eigenvalue weighted by Gasteiger charge is -2.18. The van der Waals surface area contributed by atoms with Crippen molar-refractivity contribution in [2.24, 2.45) is 7.05 Å². The lowest BCUT2D eigenvalue weighted by Crippen LogP contribution is -2.22. The molecule has 0 bridgehead atoms. The van der Waals surface area contributed by atoms with Crippen LogP contribution in [0.15, 0.2) is 67.0 Å². The molecule has 0 spiro atoms. The van der Waals surface area contributed by atoms with Crippen LogP contribution in [0.5, 0.6) is 0 Å². The van der Waals surface area contributed by atoms with Crippen molar-refractivity contribution >= 4 is 34.2 Å². The molecule has 1 aliphatic heterocycles. The van der Waals surface area contributed by atoms with Crippen LogP contribution in [0.25, 0.3) is 22.5 Å². The first kappa shape index (κ1) is 20.8. The first-order valence-corrected chi connectivity index (χ1v) is 11.3. The molecule has 0 saturated heterocycles. The van der Waals surface area contributed by atoms with E-state index in [4.69, 9.17) is 4.74 Å². The lowest BCUT2D eigenvalue weighted by atomic mass is 9.98. The number of ether oxygens (including phenoxy) is 1. The summed E-state index contributed by atoms with van der Waals surface area (Å²) in [7, 11) is 3.60. The molecule has 3 aromatic carbocycles. The Bertz CT molecular complexity index is 1330. The van der Waals surface area contributed by atoms with E-state index in [1.807, 2.05) is 46.8 Å². The van der Waals surface area contributed by atoms with Crippen LogP contribution in [0, 0.1) is 3.57 Å². The van der Waals surface area contributed by atoms with Crippen LogP contribution < -0.4 is 4.90 Å². The number of aromatic nitrogens is 3. The number of benzene rings is 3. The predicted octanol–water partition coefficient (Wildman–Crippen LogP) is 5.06. The number of amides is 1. The van der Waals surface area contributed by atoms with E-state index in [0.29, 0.717) is 13.2 Å². The number of nitrogens with zero attached hydrogens (tertiary/aromatic N) is 4. The molecule has 2 heterocycles. The number of carbonyl (C=O) groups excluding carboxylic acids is 1. The second-order valence-corrected chi connectivity index (χ2v) is 9.07. The minimum atomic E-state index is 0.0197. The Balaban J connectivity index is 1.53. The van der Waals surface area contributed by atoms with Gasteiger partial charge in [0.15, 0.2) is 5.82 Å². The number of hydrogen-bond donors (Lipinski definition) is 0. The third-order valence-electron chi connectivity index (χ3n) is 5.69. The van der Waals surface area contributed by atoms with Crippen molar-refractivity contribution in [3.8, 4) is 22.5 Å². The van der Waals surface area contributed by atoms with Crippen molar-refractivity contribution in [2.75, 3.05) is 12.0 Å². The van der Waals surface area contributed by atoms with Crippen molar-refractivity contribution in [1.82, 2.24) is 14.8 Å². The van der Waals surface area contributed by atoms with Crippen molar-refractivity contribution in [1.29, 1.82) is 0 Å². The number of halogens is 1. The highest BCUT2D eigenvalue weighted by Gasteiger charge is 2.29. The molecule has 32 heavy (non-hydrogen) atoms. The summed E-state index contributed by atoms with van der Waals surface area (Å²) < 4.78 is 8.26. The second-order valence-electron chi connectivity index (χ2n) is 7.82. The highest BCUT2D eigenvalue weighted by Crippen LogP contribution is 2.36. The van der Waals surface area contributed by atoms with Crippen LogP contribution in [-0.2, 0) is 24.9 Å². The molecule has 6 nitrogen and oxygen atoms in total. The zero-order chi connectivity index (χ0) is 22.2. The summed E-state index contributed by atoms with van der Waals surface area (Å²) in [4.78, 5) is 15.0. The molecule has 1 aromatic heterocycles. The van der Waals surface area contributed by atoms with E-state index in [1.165, 1.54) is 0 Å². The molecule has 0 N–H and O–H groups in total. The van der Waals surface area contributed by atoms with E-state index in [-0.39, 0.29) is 5.91 Å². The summed E-state index contributed by atoms with van der Waals surface area (Å²) in [6, 6.07) is 20.4. The van der Waals surface area contributed by atoms with Crippen molar-refractivity contribution in [3.05, 3.63) is 87.3 Å². The van der Waals surface area contributed by atoms with Crippen LogP contribution in [0.3, 0.4) is 0 Å². The van der Waals surface area contributed by atoms with E-state index >= 15 is 0 Å². The normalized spacial score (nSPS) is 13.0.